The van der Waals surface area contributed by atoms with E-state index in [1.807, 2.05) is 41.3 Å². The van der Waals surface area contributed by atoms with Crippen molar-refractivity contribution >= 4 is 56.8 Å². The van der Waals surface area contributed by atoms with Crippen LogP contribution in [0.25, 0.3) is 22.6 Å². The fraction of sp³-hybridized carbons (Fsp3) is 0.278. The highest BCUT2D eigenvalue weighted by Gasteiger charge is 2.34. The topological polar surface area (TPSA) is 51.7 Å². The van der Waals surface area contributed by atoms with Crippen molar-refractivity contribution in [3.63, 3.8) is 0 Å². The number of hydrogen-bond acceptors (Lipinski definition) is 4. The number of para-hydroxylation sites is 2. The molecule has 0 saturated carbocycles. The average molecular weight is 575 g/mol. The molecule has 1 fully saturated rings. The van der Waals surface area contributed by atoms with E-state index in [0.29, 0.717) is 11.4 Å². The summed E-state index contributed by atoms with van der Waals surface area (Å²) in [6.45, 7) is 12.7. The predicted octanol–water partition coefficient (Wildman–Crippen LogP) is 8.73. The number of benzene rings is 3. The SMILES string of the molecule is CCCN1c2cc(C)c(/C=C3/SC(=Nc4ccccc4)N(CCc4c[nH]c5ccccc45)C3=O)cc2C(C)=CC1(C)C. The maximum atomic E-state index is 13.9. The second kappa shape index (κ2) is 11.3. The normalized spacial score (nSPS) is 18.3. The third-order valence-corrected chi connectivity index (χ3v) is 9.25. The smallest absolute Gasteiger partial charge is 0.266 e. The summed E-state index contributed by atoms with van der Waals surface area (Å²) in [6.07, 6.45) is 8.31. The summed E-state index contributed by atoms with van der Waals surface area (Å²) in [6, 6.07) is 22.7. The largest absolute Gasteiger partial charge is 0.362 e. The van der Waals surface area contributed by atoms with Gasteiger partial charge in [-0.2, -0.15) is 0 Å². The molecule has 0 atom stereocenters. The number of aryl methyl sites for hydroxylation is 1. The second-order valence-corrected chi connectivity index (χ2v) is 12.8. The number of allylic oxidation sites excluding steroid dienone is 1. The second-order valence-electron chi connectivity index (χ2n) is 11.8. The quantitative estimate of drug-likeness (QED) is 0.225. The zero-order valence-electron chi connectivity index (χ0n) is 25.1. The first-order valence-electron chi connectivity index (χ1n) is 14.8. The molecule has 5 nitrogen and oxygen atoms in total. The molecule has 1 N–H and O–H groups in total. The highest BCUT2D eigenvalue weighted by atomic mass is 32.2. The molecule has 3 aromatic carbocycles. The monoisotopic (exact) mass is 574 g/mol. The standard InChI is InChI=1S/C36H38N4OS/c1-6-17-40-32-19-24(2)27(20-30(32)25(3)22-36(40,4)5)21-33-34(41)39(35(42-33)38-28-12-8-7-9-13-28)18-16-26-23-37-31-15-11-10-14-29(26)31/h7-15,19-23,37H,6,16-18H2,1-5H3/b33-21+,38-35?. The zero-order chi connectivity index (χ0) is 29.4. The summed E-state index contributed by atoms with van der Waals surface area (Å²) in [5, 5.41) is 1.92. The zero-order valence-corrected chi connectivity index (χ0v) is 25.9. The summed E-state index contributed by atoms with van der Waals surface area (Å²) in [7, 11) is 0. The van der Waals surface area contributed by atoms with Gasteiger partial charge in [0.1, 0.15) is 0 Å². The number of fused-ring (bicyclic) bond motifs is 2. The summed E-state index contributed by atoms with van der Waals surface area (Å²) >= 11 is 1.47. The van der Waals surface area contributed by atoms with E-state index in [2.05, 4.69) is 93.2 Å². The highest BCUT2D eigenvalue weighted by Crippen LogP contribution is 2.42. The Hall–Kier alpha value is -4.03. The third kappa shape index (κ3) is 5.32. The molecule has 3 heterocycles. The third-order valence-electron chi connectivity index (χ3n) is 8.25. The van der Waals surface area contributed by atoms with Crippen LogP contribution < -0.4 is 4.90 Å². The van der Waals surface area contributed by atoms with Crippen LogP contribution in [0.5, 0.6) is 0 Å². The van der Waals surface area contributed by atoms with Crippen molar-refractivity contribution in [1.82, 2.24) is 9.88 Å². The first kappa shape index (κ1) is 28.1. The van der Waals surface area contributed by atoms with Crippen molar-refractivity contribution < 1.29 is 4.79 Å². The van der Waals surface area contributed by atoms with Gasteiger partial charge in [0, 0.05) is 41.4 Å². The molecule has 2 aliphatic rings. The number of amidine groups is 1. The van der Waals surface area contributed by atoms with Crippen molar-refractivity contribution in [2.24, 2.45) is 4.99 Å². The molecule has 1 aromatic heterocycles. The first-order chi connectivity index (χ1) is 20.2. The van der Waals surface area contributed by atoms with E-state index in [1.165, 1.54) is 45.1 Å². The number of anilines is 1. The highest BCUT2D eigenvalue weighted by molar-refractivity contribution is 8.18. The molecule has 0 spiro atoms. The Kier molecular flexibility index (Phi) is 7.58. The van der Waals surface area contributed by atoms with Gasteiger partial charge in [-0.05, 0) is 111 Å². The Bertz CT molecular complexity index is 1740. The van der Waals surface area contributed by atoms with Crippen molar-refractivity contribution in [3.8, 4) is 0 Å². The van der Waals surface area contributed by atoms with Crippen LogP contribution in [0.4, 0.5) is 11.4 Å². The number of amides is 1. The van der Waals surface area contributed by atoms with Gasteiger partial charge < -0.3 is 9.88 Å². The van der Waals surface area contributed by atoms with Crippen LogP contribution >= 0.6 is 11.8 Å². The Morgan fingerprint density at radius 2 is 1.76 bits per heavy atom. The van der Waals surface area contributed by atoms with Crippen LogP contribution in [0, 0.1) is 6.92 Å². The van der Waals surface area contributed by atoms with E-state index in [9.17, 15) is 4.79 Å². The minimum atomic E-state index is -0.0368. The average Bonchev–Trinajstić information content (AvgIpc) is 3.51. The minimum Gasteiger partial charge on any atom is -0.362 e. The van der Waals surface area contributed by atoms with E-state index in [-0.39, 0.29) is 11.4 Å². The molecular weight excluding hydrogens is 536 g/mol. The molecule has 6 rings (SSSR count). The van der Waals surface area contributed by atoms with Crippen LogP contribution in [0.15, 0.2) is 88.9 Å². The number of thioether (sulfide) groups is 1. The predicted molar refractivity (Wildman–Crippen MR) is 179 cm³/mol. The molecule has 6 heteroatoms. The molecule has 0 radical (unpaired) electrons. The van der Waals surface area contributed by atoms with E-state index in [0.717, 1.165) is 41.3 Å². The van der Waals surface area contributed by atoms with Gasteiger partial charge in [-0.15, -0.1) is 0 Å². The molecule has 214 valence electrons. The van der Waals surface area contributed by atoms with E-state index in [1.54, 1.807) is 0 Å². The Morgan fingerprint density at radius 3 is 2.55 bits per heavy atom. The fourth-order valence-electron chi connectivity index (χ4n) is 6.15. The number of aromatic nitrogens is 1. The fourth-order valence-corrected chi connectivity index (χ4v) is 7.16. The van der Waals surface area contributed by atoms with Crippen molar-refractivity contribution in [2.75, 3.05) is 18.0 Å². The number of nitrogens with zero attached hydrogens (tertiary/aromatic N) is 3. The lowest BCUT2D eigenvalue weighted by Gasteiger charge is -2.43. The van der Waals surface area contributed by atoms with Crippen LogP contribution in [-0.4, -0.2) is 39.6 Å². The minimum absolute atomic E-state index is 0.00708. The number of aliphatic imine (C=N–C) groups is 1. The van der Waals surface area contributed by atoms with Crippen molar-refractivity contribution in [2.45, 2.75) is 53.0 Å². The van der Waals surface area contributed by atoms with Crippen molar-refractivity contribution in [3.05, 3.63) is 106 Å². The van der Waals surface area contributed by atoms with Crippen LogP contribution in [-0.2, 0) is 11.2 Å². The Balaban J connectivity index is 1.35. The number of hydrogen-bond donors (Lipinski definition) is 1. The maximum Gasteiger partial charge on any atom is 0.266 e. The summed E-state index contributed by atoms with van der Waals surface area (Å²) in [5.41, 5.74) is 9.16. The molecule has 4 aromatic rings. The Labute approximate surface area is 253 Å². The van der Waals surface area contributed by atoms with E-state index >= 15 is 0 Å². The lowest BCUT2D eigenvalue weighted by Crippen LogP contribution is -2.45. The lowest BCUT2D eigenvalue weighted by molar-refractivity contribution is -0.122. The van der Waals surface area contributed by atoms with Gasteiger partial charge in [0.25, 0.3) is 5.91 Å². The number of carbonyl (C=O) groups is 1. The van der Waals surface area contributed by atoms with Gasteiger partial charge in [-0.1, -0.05) is 49.4 Å². The molecular formula is C36H38N4OS. The molecule has 0 unspecified atom stereocenters. The van der Waals surface area contributed by atoms with Gasteiger partial charge in [-0.25, -0.2) is 4.99 Å². The number of H-pyrrole nitrogens is 1. The maximum absolute atomic E-state index is 13.9. The number of aromatic amines is 1. The Morgan fingerprint density at radius 1 is 1.00 bits per heavy atom. The molecule has 2 aliphatic heterocycles. The van der Waals surface area contributed by atoms with Gasteiger partial charge >= 0.3 is 0 Å². The molecule has 0 bridgehead atoms. The van der Waals surface area contributed by atoms with Crippen molar-refractivity contribution in [1.29, 1.82) is 0 Å². The van der Waals surface area contributed by atoms with Gasteiger partial charge in [0.05, 0.1) is 16.1 Å². The number of nitrogens with one attached hydrogen (secondary N) is 1. The van der Waals surface area contributed by atoms with Crippen LogP contribution in [0.1, 0.15) is 56.4 Å². The number of rotatable bonds is 7. The van der Waals surface area contributed by atoms with Gasteiger partial charge in [-0.3, -0.25) is 9.69 Å². The molecule has 42 heavy (non-hydrogen) atoms. The number of carbonyl (C=O) groups excluding carboxylic acids is 1. The lowest BCUT2D eigenvalue weighted by atomic mass is 9.86. The summed E-state index contributed by atoms with van der Waals surface area (Å²) in [4.78, 5) is 27.3. The molecule has 1 saturated heterocycles. The first-order valence-corrected chi connectivity index (χ1v) is 15.6. The summed E-state index contributed by atoms with van der Waals surface area (Å²) < 4.78 is 0. The summed E-state index contributed by atoms with van der Waals surface area (Å²) in [5.74, 6) is 0.00708. The molecule has 1 amide bonds. The van der Waals surface area contributed by atoms with E-state index < -0.39 is 0 Å². The van der Waals surface area contributed by atoms with Crippen LogP contribution in [0.3, 0.4) is 0 Å². The van der Waals surface area contributed by atoms with Crippen LogP contribution in [0.2, 0.25) is 0 Å². The molecule has 0 aliphatic carbocycles. The van der Waals surface area contributed by atoms with E-state index in [4.69, 9.17) is 4.99 Å². The van der Waals surface area contributed by atoms with Gasteiger partial charge in [0.2, 0.25) is 0 Å². The van der Waals surface area contributed by atoms with Gasteiger partial charge in [0.15, 0.2) is 5.17 Å².